The maximum Gasteiger partial charge on any atom is 0.194 e. The number of nitrogens with one attached hydrogen (secondary N) is 1. The van der Waals surface area contributed by atoms with E-state index >= 15 is 0 Å². The van der Waals surface area contributed by atoms with Crippen molar-refractivity contribution in [2.24, 2.45) is 4.99 Å². The number of benzene rings is 1. The highest BCUT2D eigenvalue weighted by molar-refractivity contribution is 5.80. The van der Waals surface area contributed by atoms with Crippen LogP contribution < -0.4 is 14.8 Å². The van der Waals surface area contributed by atoms with Gasteiger partial charge in [-0.3, -0.25) is 4.99 Å². The predicted molar refractivity (Wildman–Crippen MR) is 122 cm³/mol. The van der Waals surface area contributed by atoms with Crippen LogP contribution in [0, 0.1) is 0 Å². The minimum atomic E-state index is 0.107. The summed E-state index contributed by atoms with van der Waals surface area (Å²) in [6.45, 7) is 6.73. The number of rotatable bonds is 8. The van der Waals surface area contributed by atoms with Gasteiger partial charge in [0.05, 0.1) is 39.5 Å². The lowest BCUT2D eigenvalue weighted by Gasteiger charge is -2.37. The Morgan fingerprint density at radius 3 is 2.61 bits per heavy atom. The molecule has 0 aromatic heterocycles. The Bertz CT molecular complexity index is 722. The number of hydrogen-bond acceptors (Lipinski definition) is 6. The molecule has 2 heterocycles. The summed E-state index contributed by atoms with van der Waals surface area (Å²) < 4.78 is 22.8. The number of aliphatic imine (C=N–C) groups is 1. The highest BCUT2D eigenvalue weighted by atomic mass is 16.5. The van der Waals surface area contributed by atoms with Crippen LogP contribution in [-0.4, -0.2) is 95.7 Å². The maximum absolute atomic E-state index is 6.02. The van der Waals surface area contributed by atoms with Gasteiger partial charge in [0, 0.05) is 26.2 Å². The van der Waals surface area contributed by atoms with E-state index in [1.54, 1.807) is 14.2 Å². The highest BCUT2D eigenvalue weighted by Gasteiger charge is 2.32. The van der Waals surface area contributed by atoms with E-state index in [-0.39, 0.29) is 18.2 Å². The number of likely N-dealkylation sites (N-methyl/N-ethyl adjacent to an activating group) is 1. The number of nitrogens with zero attached hydrogens (tertiary/aromatic N) is 3. The van der Waals surface area contributed by atoms with Crippen LogP contribution in [0.3, 0.4) is 0 Å². The van der Waals surface area contributed by atoms with Gasteiger partial charge in [-0.15, -0.1) is 0 Å². The lowest BCUT2D eigenvalue weighted by atomic mass is 10.1. The Morgan fingerprint density at radius 1 is 1.19 bits per heavy atom. The van der Waals surface area contributed by atoms with E-state index in [9.17, 15) is 0 Å². The largest absolute Gasteiger partial charge is 0.493 e. The second-order valence-corrected chi connectivity index (χ2v) is 8.20. The normalized spacial score (nSPS) is 23.2. The minimum Gasteiger partial charge on any atom is -0.493 e. The van der Waals surface area contributed by atoms with Crippen molar-refractivity contribution in [1.82, 2.24) is 15.1 Å². The van der Waals surface area contributed by atoms with Gasteiger partial charge in [-0.05, 0) is 51.6 Å². The molecule has 0 saturated carbocycles. The third-order valence-electron chi connectivity index (χ3n) is 5.94. The first-order valence-electron chi connectivity index (χ1n) is 11.2. The molecule has 2 aliphatic rings. The number of ether oxygens (including phenoxy) is 4. The lowest BCUT2D eigenvalue weighted by molar-refractivity contribution is -0.0817. The van der Waals surface area contributed by atoms with Crippen LogP contribution in [0.25, 0.3) is 0 Å². The van der Waals surface area contributed by atoms with Crippen LogP contribution in [0.1, 0.15) is 31.4 Å². The van der Waals surface area contributed by atoms with Gasteiger partial charge in [0.1, 0.15) is 6.10 Å². The molecule has 1 N–H and O–H groups in total. The fourth-order valence-electron chi connectivity index (χ4n) is 4.21. The Hall–Kier alpha value is -2.03. The van der Waals surface area contributed by atoms with Crippen LogP contribution in [0.4, 0.5) is 0 Å². The molecular weight excluding hydrogens is 396 g/mol. The van der Waals surface area contributed by atoms with E-state index in [1.165, 1.54) is 0 Å². The Labute approximate surface area is 186 Å². The molecule has 8 nitrogen and oxygen atoms in total. The molecule has 8 heteroatoms. The summed E-state index contributed by atoms with van der Waals surface area (Å²) in [5, 5.41) is 3.47. The molecule has 0 radical (unpaired) electrons. The zero-order valence-corrected chi connectivity index (χ0v) is 19.6. The van der Waals surface area contributed by atoms with Gasteiger partial charge in [0.15, 0.2) is 17.5 Å². The number of morpholine rings is 1. The molecule has 2 saturated heterocycles. The van der Waals surface area contributed by atoms with Crippen LogP contribution in [0.2, 0.25) is 0 Å². The molecule has 0 spiro atoms. The fraction of sp³-hybridized carbons (Fsp3) is 0.696. The average Bonchev–Trinajstić information content (AvgIpc) is 3.33. The van der Waals surface area contributed by atoms with Crippen molar-refractivity contribution < 1.29 is 18.9 Å². The second-order valence-electron chi connectivity index (χ2n) is 8.20. The molecule has 0 aliphatic carbocycles. The Morgan fingerprint density at radius 2 is 1.97 bits per heavy atom. The van der Waals surface area contributed by atoms with Crippen LogP contribution in [-0.2, 0) is 9.47 Å². The summed E-state index contributed by atoms with van der Waals surface area (Å²) >= 11 is 0. The fourth-order valence-corrected chi connectivity index (χ4v) is 4.21. The first kappa shape index (κ1) is 23.6. The lowest BCUT2D eigenvalue weighted by Crippen LogP contribution is -2.53. The van der Waals surface area contributed by atoms with Crippen molar-refractivity contribution in [3.8, 4) is 11.5 Å². The second kappa shape index (κ2) is 11.5. The van der Waals surface area contributed by atoms with Gasteiger partial charge in [-0.2, -0.15) is 0 Å². The zero-order valence-electron chi connectivity index (χ0n) is 19.6. The first-order valence-corrected chi connectivity index (χ1v) is 11.2. The van der Waals surface area contributed by atoms with Crippen molar-refractivity contribution >= 4 is 5.96 Å². The van der Waals surface area contributed by atoms with Gasteiger partial charge in [-0.25, -0.2) is 0 Å². The van der Waals surface area contributed by atoms with E-state index in [1.807, 2.05) is 12.1 Å². The molecule has 3 atom stereocenters. The summed E-state index contributed by atoms with van der Waals surface area (Å²) in [5.74, 6) is 2.39. The van der Waals surface area contributed by atoms with Crippen molar-refractivity contribution in [3.05, 3.63) is 23.8 Å². The molecule has 1 aromatic carbocycles. The maximum atomic E-state index is 6.02. The van der Waals surface area contributed by atoms with Crippen molar-refractivity contribution in [2.75, 3.05) is 67.7 Å². The minimum absolute atomic E-state index is 0.107. The van der Waals surface area contributed by atoms with Crippen LogP contribution in [0.15, 0.2) is 23.2 Å². The van der Waals surface area contributed by atoms with Gasteiger partial charge < -0.3 is 34.1 Å². The summed E-state index contributed by atoms with van der Waals surface area (Å²) in [4.78, 5) is 9.51. The predicted octanol–water partition coefficient (Wildman–Crippen LogP) is 2.15. The molecule has 31 heavy (non-hydrogen) atoms. The molecule has 0 bridgehead atoms. The average molecular weight is 435 g/mol. The van der Waals surface area contributed by atoms with E-state index in [2.05, 4.69) is 42.2 Å². The van der Waals surface area contributed by atoms with E-state index in [0.29, 0.717) is 13.2 Å². The molecule has 174 valence electrons. The molecule has 2 fully saturated rings. The van der Waals surface area contributed by atoms with E-state index in [0.717, 1.165) is 62.1 Å². The van der Waals surface area contributed by atoms with E-state index < -0.39 is 0 Å². The van der Waals surface area contributed by atoms with Gasteiger partial charge >= 0.3 is 0 Å². The standard InChI is InChI=1S/C23H38N4O4/c1-6-24-23(27-11-13-31-22(16-27)20-8-7-12-30-20)25-15-18(26(2)3)17-9-10-19(28-4)21(14-17)29-5/h9-10,14,18,20,22H,6-8,11-13,15-16H2,1-5H3,(H,24,25). The van der Waals surface area contributed by atoms with Gasteiger partial charge in [0.25, 0.3) is 0 Å². The summed E-state index contributed by atoms with van der Waals surface area (Å²) in [6.07, 6.45) is 2.51. The molecule has 3 rings (SSSR count). The van der Waals surface area contributed by atoms with Crippen molar-refractivity contribution in [2.45, 2.75) is 38.0 Å². The summed E-state index contributed by atoms with van der Waals surface area (Å²) in [7, 11) is 7.47. The smallest absolute Gasteiger partial charge is 0.194 e. The highest BCUT2D eigenvalue weighted by Crippen LogP contribution is 2.31. The van der Waals surface area contributed by atoms with Crippen molar-refractivity contribution in [3.63, 3.8) is 0 Å². The van der Waals surface area contributed by atoms with E-state index in [4.69, 9.17) is 23.9 Å². The van der Waals surface area contributed by atoms with Crippen LogP contribution in [0.5, 0.6) is 11.5 Å². The molecule has 0 amide bonds. The van der Waals surface area contributed by atoms with Crippen LogP contribution >= 0.6 is 0 Å². The topological polar surface area (TPSA) is 67.8 Å². The van der Waals surface area contributed by atoms with Crippen molar-refractivity contribution in [1.29, 1.82) is 0 Å². The monoisotopic (exact) mass is 434 g/mol. The molecular formula is C23H38N4O4. The number of methoxy groups -OCH3 is 2. The van der Waals surface area contributed by atoms with Gasteiger partial charge in [-0.1, -0.05) is 6.07 Å². The first-order chi connectivity index (χ1) is 15.1. The van der Waals surface area contributed by atoms with Gasteiger partial charge in [0.2, 0.25) is 0 Å². The zero-order chi connectivity index (χ0) is 22.2. The Balaban J connectivity index is 1.75. The SMILES string of the molecule is CCNC(=NCC(c1ccc(OC)c(OC)c1)N(C)C)N1CCOC(C2CCCO2)C1. The summed E-state index contributed by atoms with van der Waals surface area (Å²) in [6, 6.07) is 6.18. The molecule has 2 aliphatic heterocycles. The summed E-state index contributed by atoms with van der Waals surface area (Å²) in [5.41, 5.74) is 1.14. The number of hydrogen-bond donors (Lipinski definition) is 1. The Kier molecular flexibility index (Phi) is 8.80. The number of guanidine groups is 1. The molecule has 1 aromatic rings. The third kappa shape index (κ3) is 6.02. The third-order valence-corrected chi connectivity index (χ3v) is 5.94. The molecule has 3 unspecified atom stereocenters. The quantitative estimate of drug-likeness (QED) is 0.497.